The molecule has 4 atom stereocenters. The lowest BCUT2D eigenvalue weighted by Crippen LogP contribution is -2.50. The Morgan fingerprint density at radius 2 is 1.65 bits per heavy atom. The molecule has 0 unspecified atom stereocenters. The van der Waals surface area contributed by atoms with E-state index in [0.29, 0.717) is 45.8 Å². The van der Waals surface area contributed by atoms with E-state index in [-0.39, 0.29) is 24.2 Å². The molecule has 5 rings (SSSR count). The maximum absolute atomic E-state index is 12.8. The van der Waals surface area contributed by atoms with Crippen molar-refractivity contribution in [2.45, 2.75) is 102 Å². The van der Waals surface area contributed by atoms with Gasteiger partial charge in [0.25, 0.3) is 5.91 Å². The predicted octanol–water partition coefficient (Wildman–Crippen LogP) is 5.69. The smallest absolute Gasteiger partial charge is 0.256 e. The number of fused-ring (bicyclic) bond motifs is 2. The van der Waals surface area contributed by atoms with Gasteiger partial charge >= 0.3 is 0 Å². The maximum Gasteiger partial charge on any atom is 0.256 e. The molecule has 2 saturated heterocycles. The Bertz CT molecular complexity index is 1320. The highest BCUT2D eigenvalue weighted by atomic mass is 28.4. The summed E-state index contributed by atoms with van der Waals surface area (Å²) in [5.74, 6) is -0.706. The number of nitrogens with zero attached hydrogens (tertiary/aromatic N) is 4. The van der Waals surface area contributed by atoms with E-state index in [9.17, 15) is 4.79 Å². The number of rotatable bonds is 9. The summed E-state index contributed by atoms with van der Waals surface area (Å²) in [5, 5.41) is 2.86. The molecule has 1 aromatic carbocycles. The average molecular weight is 568 g/mol. The third-order valence-corrected chi connectivity index (χ3v) is 14.3. The van der Waals surface area contributed by atoms with Crippen molar-refractivity contribution in [2.24, 2.45) is 0 Å². The van der Waals surface area contributed by atoms with Gasteiger partial charge in [-0.2, -0.15) is 0 Å². The average Bonchev–Trinajstić information content (AvgIpc) is 3.55. The van der Waals surface area contributed by atoms with Crippen molar-refractivity contribution in [3.05, 3.63) is 48.5 Å². The number of anilines is 1. The Labute approximate surface area is 236 Å². The molecule has 10 nitrogen and oxygen atoms in total. The summed E-state index contributed by atoms with van der Waals surface area (Å²) >= 11 is 0. The molecule has 1 amide bonds. The number of carbonyl (C=O) groups is 1. The molecule has 2 aromatic heterocycles. The lowest BCUT2D eigenvalue weighted by Gasteiger charge is -2.43. The number of amides is 1. The quantitative estimate of drug-likeness (QED) is 0.329. The largest absolute Gasteiger partial charge is 0.413 e. The van der Waals surface area contributed by atoms with Crippen LogP contribution in [-0.2, 0) is 18.6 Å². The van der Waals surface area contributed by atoms with Crippen molar-refractivity contribution < 1.29 is 23.4 Å². The van der Waals surface area contributed by atoms with Crippen LogP contribution in [0.1, 0.15) is 72.0 Å². The van der Waals surface area contributed by atoms with Crippen LogP contribution < -0.4 is 5.32 Å². The third-order valence-electron chi connectivity index (χ3n) is 8.23. The summed E-state index contributed by atoms with van der Waals surface area (Å²) in [5.41, 5.74) is 2.90. The molecular formula is C29H41N5O5Si. The molecule has 2 fully saturated rings. The first kappa shape index (κ1) is 28.8. The molecule has 0 bridgehead atoms. The van der Waals surface area contributed by atoms with E-state index in [4.69, 9.17) is 18.6 Å². The molecule has 0 radical (unpaired) electrons. The van der Waals surface area contributed by atoms with E-state index in [2.05, 4.69) is 61.8 Å². The van der Waals surface area contributed by atoms with Crippen molar-refractivity contribution in [2.75, 3.05) is 11.9 Å². The van der Waals surface area contributed by atoms with Gasteiger partial charge in [-0.25, -0.2) is 15.0 Å². The summed E-state index contributed by atoms with van der Waals surface area (Å²) in [6.07, 6.45) is 1.52. The first-order valence-corrected chi connectivity index (χ1v) is 16.3. The molecule has 0 saturated carbocycles. The monoisotopic (exact) mass is 567 g/mol. The topological polar surface area (TPSA) is 110 Å². The molecule has 0 spiro atoms. The minimum Gasteiger partial charge on any atom is -0.413 e. The summed E-state index contributed by atoms with van der Waals surface area (Å²) in [4.78, 5) is 26.2. The summed E-state index contributed by atoms with van der Waals surface area (Å²) in [6, 6.07) is 8.98. The van der Waals surface area contributed by atoms with Gasteiger partial charge in [0.1, 0.15) is 24.6 Å². The Kier molecular flexibility index (Phi) is 7.88. The molecule has 40 heavy (non-hydrogen) atoms. The van der Waals surface area contributed by atoms with Crippen LogP contribution >= 0.6 is 0 Å². The van der Waals surface area contributed by atoms with E-state index in [1.807, 2.05) is 36.6 Å². The van der Waals surface area contributed by atoms with Crippen LogP contribution in [0.5, 0.6) is 0 Å². The van der Waals surface area contributed by atoms with Gasteiger partial charge in [0, 0.05) is 5.56 Å². The van der Waals surface area contributed by atoms with Crippen LogP contribution in [0, 0.1) is 0 Å². The highest BCUT2D eigenvalue weighted by molar-refractivity contribution is 6.77. The van der Waals surface area contributed by atoms with Gasteiger partial charge in [-0.05, 0) is 42.6 Å². The second-order valence-corrected chi connectivity index (χ2v) is 17.6. The second kappa shape index (κ2) is 10.9. The van der Waals surface area contributed by atoms with Gasteiger partial charge in [0.2, 0.25) is 0 Å². The molecule has 2 aliphatic heterocycles. The molecule has 216 valence electrons. The van der Waals surface area contributed by atoms with Crippen molar-refractivity contribution in [1.29, 1.82) is 0 Å². The van der Waals surface area contributed by atoms with E-state index in [1.54, 1.807) is 18.5 Å². The van der Waals surface area contributed by atoms with Crippen LogP contribution in [-0.4, -0.2) is 64.4 Å². The van der Waals surface area contributed by atoms with Gasteiger partial charge in [0.15, 0.2) is 37.3 Å². The standard InChI is InChI=1S/C29H41N5O5Si/c1-17(2)40(18(3)4,19(5)6)36-14-21-23-24(39-29(7,8)38-23)28(37-21)34-16-32-22-25(30-15-31-26(22)34)33-27(35)20-12-10-9-11-13-20/h9-13,15-19,21,23-24,28H,14H2,1-8H3,(H,30,31,33,35)/t21-,23-,24-,28-/m1/s1. The first-order valence-electron chi connectivity index (χ1n) is 14.1. The Morgan fingerprint density at radius 1 is 1.00 bits per heavy atom. The highest BCUT2D eigenvalue weighted by Gasteiger charge is 2.57. The minimum absolute atomic E-state index is 0.271. The van der Waals surface area contributed by atoms with Crippen LogP contribution in [0.15, 0.2) is 43.0 Å². The Morgan fingerprint density at radius 3 is 2.30 bits per heavy atom. The van der Waals surface area contributed by atoms with E-state index in [0.717, 1.165) is 0 Å². The molecular weight excluding hydrogens is 526 g/mol. The van der Waals surface area contributed by atoms with Gasteiger partial charge in [-0.15, -0.1) is 0 Å². The zero-order valence-electron chi connectivity index (χ0n) is 24.6. The van der Waals surface area contributed by atoms with Crippen molar-refractivity contribution in [3.8, 4) is 0 Å². The van der Waals surface area contributed by atoms with Gasteiger partial charge in [-0.3, -0.25) is 9.36 Å². The van der Waals surface area contributed by atoms with Crippen LogP contribution in [0.2, 0.25) is 16.6 Å². The molecule has 1 N–H and O–H groups in total. The number of carbonyl (C=O) groups excluding carboxylic acids is 1. The van der Waals surface area contributed by atoms with Gasteiger partial charge in [0.05, 0.1) is 12.9 Å². The van der Waals surface area contributed by atoms with Crippen molar-refractivity contribution in [3.63, 3.8) is 0 Å². The lowest BCUT2D eigenvalue weighted by molar-refractivity contribution is -0.199. The number of benzene rings is 1. The Hall–Kier alpha value is -2.70. The molecule has 4 heterocycles. The Balaban J connectivity index is 1.42. The fourth-order valence-corrected chi connectivity index (χ4v) is 12.1. The van der Waals surface area contributed by atoms with E-state index in [1.165, 1.54) is 6.33 Å². The third kappa shape index (κ3) is 5.09. The fourth-order valence-electron chi connectivity index (χ4n) is 6.64. The van der Waals surface area contributed by atoms with E-state index < -0.39 is 20.3 Å². The number of imidazole rings is 1. The van der Waals surface area contributed by atoms with Crippen LogP contribution in [0.3, 0.4) is 0 Å². The second-order valence-electron chi connectivity index (χ2n) is 12.1. The van der Waals surface area contributed by atoms with Crippen LogP contribution in [0.4, 0.5) is 5.82 Å². The first-order chi connectivity index (χ1) is 18.9. The summed E-state index contributed by atoms with van der Waals surface area (Å²) in [7, 11) is -2.11. The fraction of sp³-hybridized carbons (Fsp3) is 0.586. The number of hydrogen-bond acceptors (Lipinski definition) is 8. The van der Waals surface area contributed by atoms with Gasteiger partial charge < -0.3 is 24.0 Å². The number of aromatic nitrogens is 4. The predicted molar refractivity (Wildman–Crippen MR) is 154 cm³/mol. The van der Waals surface area contributed by atoms with Gasteiger partial charge in [-0.1, -0.05) is 59.7 Å². The number of ether oxygens (including phenoxy) is 3. The lowest BCUT2D eigenvalue weighted by atomic mass is 10.1. The zero-order valence-corrected chi connectivity index (χ0v) is 25.6. The molecule has 3 aromatic rings. The molecule has 11 heteroatoms. The zero-order chi connectivity index (χ0) is 28.8. The summed E-state index contributed by atoms with van der Waals surface area (Å²) in [6.45, 7) is 17.9. The number of hydrogen-bond donors (Lipinski definition) is 1. The highest BCUT2D eigenvalue weighted by Crippen LogP contribution is 2.46. The number of nitrogens with one attached hydrogen (secondary N) is 1. The SMILES string of the molecule is CC(C)[Si](OC[C@H]1O[C@@H](n2cnc3c(NC(=O)c4ccccc4)ncnc32)[C@@H]2OC(C)(C)O[C@@H]21)(C(C)C)C(C)C. The minimum atomic E-state index is -2.11. The molecule has 2 aliphatic rings. The van der Waals surface area contributed by atoms with Crippen molar-refractivity contribution >= 4 is 31.2 Å². The van der Waals surface area contributed by atoms with Crippen molar-refractivity contribution in [1.82, 2.24) is 19.5 Å². The summed E-state index contributed by atoms with van der Waals surface area (Å²) < 4.78 is 28.1. The van der Waals surface area contributed by atoms with Crippen LogP contribution in [0.25, 0.3) is 11.2 Å². The molecule has 0 aliphatic carbocycles. The van der Waals surface area contributed by atoms with E-state index >= 15 is 0 Å². The normalized spacial score (nSPS) is 24.4. The maximum atomic E-state index is 12.8.